The summed E-state index contributed by atoms with van der Waals surface area (Å²) in [6, 6.07) is 3.85. The molecular weight excluding hydrogens is 327 g/mol. The maximum absolute atomic E-state index is 11.9. The Morgan fingerprint density at radius 1 is 1.30 bits per heavy atom. The summed E-state index contributed by atoms with van der Waals surface area (Å²) in [5.74, 6) is -0.522. The van der Waals surface area contributed by atoms with Crippen molar-refractivity contribution in [2.24, 2.45) is 0 Å². The monoisotopic (exact) mass is 338 g/mol. The van der Waals surface area contributed by atoms with Gasteiger partial charge in [0.15, 0.2) is 0 Å². The van der Waals surface area contributed by atoms with E-state index >= 15 is 0 Å². The van der Waals surface area contributed by atoms with Crippen molar-refractivity contribution in [2.75, 3.05) is 6.61 Å². The summed E-state index contributed by atoms with van der Waals surface area (Å²) in [6.07, 6.45) is 0.726. The van der Waals surface area contributed by atoms with Gasteiger partial charge >= 0.3 is 0 Å². The molecule has 0 aromatic heterocycles. The number of rotatable bonds is 4. The number of hydrogen-bond donors (Lipinski definition) is 2. The Balaban J connectivity index is 2.03. The van der Waals surface area contributed by atoms with Gasteiger partial charge in [0.05, 0.1) is 14.9 Å². The summed E-state index contributed by atoms with van der Waals surface area (Å²) in [5.41, 5.74) is 2.12. The molecule has 1 aliphatic heterocycles. The Morgan fingerprint density at radius 3 is 2.65 bits per heavy atom. The van der Waals surface area contributed by atoms with Crippen LogP contribution in [0.1, 0.15) is 12.8 Å². The first-order valence-electron chi connectivity index (χ1n) is 5.78. The molecular formula is C11H12Cl2N2O4S. The second-order valence-electron chi connectivity index (χ2n) is 4.17. The quantitative estimate of drug-likeness (QED) is 0.814. The molecule has 0 spiro atoms. The Hall–Kier alpha value is -0.860. The molecule has 2 N–H and O–H groups in total. The fraction of sp³-hybridized carbons (Fsp3) is 0.364. The van der Waals surface area contributed by atoms with Crippen LogP contribution in [-0.2, 0) is 19.6 Å². The van der Waals surface area contributed by atoms with Crippen LogP contribution in [0, 0.1) is 0 Å². The molecule has 1 atom stereocenters. The van der Waals surface area contributed by atoms with Gasteiger partial charge in [-0.05, 0) is 31.0 Å². The molecule has 0 saturated carbocycles. The third kappa shape index (κ3) is 3.62. The molecule has 1 aromatic carbocycles. The van der Waals surface area contributed by atoms with Crippen molar-refractivity contribution in [3.8, 4) is 0 Å². The second kappa shape index (κ2) is 6.28. The van der Waals surface area contributed by atoms with Crippen LogP contribution < -0.4 is 10.3 Å². The Morgan fingerprint density at radius 2 is 2.05 bits per heavy atom. The van der Waals surface area contributed by atoms with Crippen molar-refractivity contribution in [1.82, 2.24) is 10.3 Å². The van der Waals surface area contributed by atoms with Crippen LogP contribution >= 0.6 is 23.2 Å². The van der Waals surface area contributed by atoms with E-state index in [0.29, 0.717) is 13.0 Å². The lowest BCUT2D eigenvalue weighted by molar-refractivity contribution is -0.130. The number of ether oxygens (including phenoxy) is 1. The second-order valence-corrected chi connectivity index (χ2v) is 6.67. The number of hydrogen-bond acceptors (Lipinski definition) is 4. The van der Waals surface area contributed by atoms with Crippen LogP contribution in [0.5, 0.6) is 0 Å². The van der Waals surface area contributed by atoms with Crippen molar-refractivity contribution in [2.45, 2.75) is 23.8 Å². The number of nitrogens with one attached hydrogen (secondary N) is 2. The highest BCUT2D eigenvalue weighted by Gasteiger charge is 2.25. The zero-order valence-electron chi connectivity index (χ0n) is 10.2. The van der Waals surface area contributed by atoms with E-state index in [1.165, 1.54) is 18.2 Å². The maximum Gasteiger partial charge on any atom is 0.264 e. The van der Waals surface area contributed by atoms with Gasteiger partial charge in [0, 0.05) is 6.61 Å². The molecule has 1 saturated heterocycles. The minimum absolute atomic E-state index is 0.0976. The zero-order chi connectivity index (χ0) is 14.8. The van der Waals surface area contributed by atoms with Crippen molar-refractivity contribution >= 4 is 39.1 Å². The van der Waals surface area contributed by atoms with Gasteiger partial charge in [-0.3, -0.25) is 10.2 Å². The first-order valence-corrected chi connectivity index (χ1v) is 8.02. The Bertz CT molecular complexity index is 615. The average molecular weight is 339 g/mol. The number of hydrazine groups is 1. The summed E-state index contributed by atoms with van der Waals surface area (Å²) in [4.78, 5) is 13.5. The van der Waals surface area contributed by atoms with E-state index in [0.717, 1.165) is 6.42 Å². The smallest absolute Gasteiger partial charge is 0.264 e. The van der Waals surface area contributed by atoms with Gasteiger partial charge in [0.2, 0.25) is 0 Å². The van der Waals surface area contributed by atoms with E-state index in [1.54, 1.807) is 0 Å². The number of halogens is 2. The summed E-state index contributed by atoms with van der Waals surface area (Å²) < 4.78 is 29.0. The zero-order valence-corrected chi connectivity index (χ0v) is 12.6. The molecule has 1 heterocycles. The number of benzene rings is 1. The molecule has 110 valence electrons. The SMILES string of the molecule is O=C(NNS(=O)(=O)c1ccc(Cl)c(Cl)c1)C1CCCO1. The fourth-order valence-electron chi connectivity index (χ4n) is 1.69. The van der Waals surface area contributed by atoms with E-state index < -0.39 is 22.0 Å². The Labute approximate surface area is 126 Å². The van der Waals surface area contributed by atoms with Crippen LogP contribution in [0.3, 0.4) is 0 Å². The summed E-state index contributed by atoms with van der Waals surface area (Å²) in [7, 11) is -3.90. The number of carbonyl (C=O) groups is 1. The minimum Gasteiger partial charge on any atom is -0.368 e. The number of amides is 1. The molecule has 2 rings (SSSR count). The Kier molecular flexibility index (Phi) is 4.87. The first kappa shape index (κ1) is 15.5. The minimum atomic E-state index is -3.90. The van der Waals surface area contributed by atoms with E-state index in [4.69, 9.17) is 27.9 Å². The number of carbonyl (C=O) groups excluding carboxylic acids is 1. The van der Waals surface area contributed by atoms with Crippen LogP contribution in [-0.4, -0.2) is 27.0 Å². The molecule has 1 aromatic rings. The third-order valence-electron chi connectivity index (χ3n) is 2.73. The molecule has 1 aliphatic rings. The molecule has 9 heteroatoms. The van der Waals surface area contributed by atoms with E-state index in [2.05, 4.69) is 5.43 Å². The molecule has 20 heavy (non-hydrogen) atoms. The van der Waals surface area contributed by atoms with Crippen molar-refractivity contribution in [1.29, 1.82) is 0 Å². The van der Waals surface area contributed by atoms with Crippen LogP contribution in [0.4, 0.5) is 0 Å². The van der Waals surface area contributed by atoms with Gasteiger partial charge in [-0.2, -0.15) is 0 Å². The van der Waals surface area contributed by atoms with Gasteiger partial charge in [-0.15, -0.1) is 4.83 Å². The van der Waals surface area contributed by atoms with Crippen molar-refractivity contribution in [3.63, 3.8) is 0 Å². The van der Waals surface area contributed by atoms with Crippen LogP contribution in [0.25, 0.3) is 0 Å². The summed E-state index contributed by atoms with van der Waals surface area (Å²) in [6.45, 7) is 0.498. The highest BCUT2D eigenvalue weighted by atomic mass is 35.5. The lowest BCUT2D eigenvalue weighted by Crippen LogP contribution is -2.46. The predicted molar refractivity (Wildman–Crippen MR) is 73.9 cm³/mol. The maximum atomic E-state index is 11.9. The first-order chi connectivity index (χ1) is 9.40. The van der Waals surface area contributed by atoms with Gasteiger partial charge in [0.25, 0.3) is 15.9 Å². The summed E-state index contributed by atoms with van der Waals surface area (Å²) in [5, 5.41) is 0.356. The molecule has 1 fully saturated rings. The van der Waals surface area contributed by atoms with E-state index in [9.17, 15) is 13.2 Å². The highest BCUT2D eigenvalue weighted by Crippen LogP contribution is 2.24. The molecule has 0 aliphatic carbocycles. The lowest BCUT2D eigenvalue weighted by atomic mass is 10.2. The van der Waals surface area contributed by atoms with Crippen LogP contribution in [0.2, 0.25) is 10.0 Å². The molecule has 6 nitrogen and oxygen atoms in total. The van der Waals surface area contributed by atoms with Crippen molar-refractivity contribution < 1.29 is 17.9 Å². The lowest BCUT2D eigenvalue weighted by Gasteiger charge is -2.12. The highest BCUT2D eigenvalue weighted by molar-refractivity contribution is 7.89. The molecule has 0 radical (unpaired) electrons. The van der Waals surface area contributed by atoms with E-state index in [1.807, 2.05) is 4.83 Å². The summed E-state index contributed by atoms with van der Waals surface area (Å²) >= 11 is 11.5. The average Bonchev–Trinajstić information content (AvgIpc) is 2.93. The van der Waals surface area contributed by atoms with E-state index in [-0.39, 0.29) is 14.9 Å². The topological polar surface area (TPSA) is 84.5 Å². The normalized spacial score (nSPS) is 19.0. The van der Waals surface area contributed by atoms with Crippen molar-refractivity contribution in [3.05, 3.63) is 28.2 Å². The van der Waals surface area contributed by atoms with Gasteiger partial charge in [0.1, 0.15) is 6.10 Å². The predicted octanol–water partition coefficient (Wildman–Crippen LogP) is 1.48. The fourth-order valence-corrected chi connectivity index (χ4v) is 2.92. The van der Waals surface area contributed by atoms with Gasteiger partial charge in [-0.25, -0.2) is 8.42 Å². The molecule has 1 unspecified atom stereocenters. The van der Waals surface area contributed by atoms with Gasteiger partial charge < -0.3 is 4.74 Å². The van der Waals surface area contributed by atoms with Gasteiger partial charge in [-0.1, -0.05) is 23.2 Å². The molecule has 0 bridgehead atoms. The number of sulfonamides is 1. The standard InChI is InChI=1S/C11H12Cl2N2O4S/c12-8-4-3-7(6-9(8)13)20(17,18)15-14-11(16)10-2-1-5-19-10/h3-4,6,10,15H,1-2,5H2,(H,14,16). The molecule has 1 amide bonds. The largest absolute Gasteiger partial charge is 0.368 e. The third-order valence-corrected chi connectivity index (χ3v) is 4.72. The van der Waals surface area contributed by atoms with Crippen LogP contribution in [0.15, 0.2) is 23.1 Å².